The van der Waals surface area contributed by atoms with E-state index in [0.29, 0.717) is 19.5 Å². The number of likely N-dealkylation sites (tertiary alicyclic amines) is 1. The number of thiophene rings is 1. The minimum atomic E-state index is -0.919. The molecule has 21 heavy (non-hydrogen) atoms. The Morgan fingerprint density at radius 1 is 1.48 bits per heavy atom. The molecule has 116 valence electrons. The minimum absolute atomic E-state index is 0.0298. The highest BCUT2D eigenvalue weighted by atomic mass is 32.1. The summed E-state index contributed by atoms with van der Waals surface area (Å²) in [6.07, 6.45) is 2.45. The smallest absolute Gasteiger partial charge is 0.323 e. The molecule has 0 radical (unpaired) electrons. The number of hydrogen-bond donors (Lipinski definition) is 1. The van der Waals surface area contributed by atoms with Crippen molar-refractivity contribution in [1.82, 2.24) is 9.80 Å². The van der Waals surface area contributed by atoms with Crippen molar-refractivity contribution in [3.8, 4) is 0 Å². The quantitative estimate of drug-likeness (QED) is 0.904. The first-order chi connectivity index (χ1) is 9.93. The van der Waals surface area contributed by atoms with Gasteiger partial charge in [0, 0.05) is 11.9 Å². The summed E-state index contributed by atoms with van der Waals surface area (Å²) >= 11 is 1.62. The van der Waals surface area contributed by atoms with Crippen LogP contribution in [0.1, 0.15) is 31.1 Å². The number of piperidine rings is 1. The number of nitrogens with zero attached hydrogens (tertiary/aromatic N) is 2. The molecular weight excluding hydrogens is 288 g/mol. The van der Waals surface area contributed by atoms with Crippen molar-refractivity contribution in [2.24, 2.45) is 0 Å². The van der Waals surface area contributed by atoms with Crippen LogP contribution < -0.4 is 0 Å². The largest absolute Gasteiger partial charge is 0.480 e. The maximum atomic E-state index is 12.3. The van der Waals surface area contributed by atoms with Crippen molar-refractivity contribution in [1.29, 1.82) is 0 Å². The summed E-state index contributed by atoms with van der Waals surface area (Å²) < 4.78 is 0. The lowest BCUT2D eigenvalue weighted by Crippen LogP contribution is -2.57. The number of carbonyl (C=O) groups is 2. The molecule has 1 aromatic heterocycles. The highest BCUT2D eigenvalue weighted by molar-refractivity contribution is 7.09. The zero-order valence-corrected chi connectivity index (χ0v) is 13.4. The van der Waals surface area contributed by atoms with E-state index >= 15 is 0 Å². The molecule has 2 heterocycles. The molecule has 1 aliphatic rings. The molecule has 0 saturated carbocycles. The first-order valence-corrected chi connectivity index (χ1v) is 8.06. The van der Waals surface area contributed by atoms with E-state index in [-0.39, 0.29) is 12.5 Å². The van der Waals surface area contributed by atoms with Crippen LogP contribution in [0.25, 0.3) is 0 Å². The first-order valence-electron chi connectivity index (χ1n) is 7.18. The third-order valence-corrected chi connectivity index (χ3v) is 5.09. The van der Waals surface area contributed by atoms with E-state index in [0.717, 1.165) is 17.7 Å². The Morgan fingerprint density at radius 3 is 2.86 bits per heavy atom. The summed E-state index contributed by atoms with van der Waals surface area (Å²) in [5.74, 6) is -0.867. The van der Waals surface area contributed by atoms with Gasteiger partial charge in [-0.25, -0.2) is 0 Å². The molecule has 2 rings (SSSR count). The van der Waals surface area contributed by atoms with E-state index < -0.39 is 11.5 Å². The van der Waals surface area contributed by atoms with Gasteiger partial charge in [-0.15, -0.1) is 11.3 Å². The Morgan fingerprint density at radius 2 is 2.24 bits per heavy atom. The van der Waals surface area contributed by atoms with E-state index in [2.05, 4.69) is 0 Å². The summed E-state index contributed by atoms with van der Waals surface area (Å²) in [6, 6.07) is 3.96. The van der Waals surface area contributed by atoms with Crippen LogP contribution in [0.5, 0.6) is 0 Å². The van der Waals surface area contributed by atoms with Gasteiger partial charge < -0.3 is 10.0 Å². The van der Waals surface area contributed by atoms with Crippen LogP contribution in [-0.2, 0) is 16.1 Å². The van der Waals surface area contributed by atoms with Crippen molar-refractivity contribution < 1.29 is 14.7 Å². The van der Waals surface area contributed by atoms with E-state index in [4.69, 9.17) is 0 Å². The standard InChI is InChI=1S/C15H22N2O3S/c1-15(14(19)20)7-3-4-8-17(15)11-13(18)16(2)10-12-6-5-9-21-12/h5-6,9H,3-4,7-8,10-11H2,1-2H3,(H,19,20). The normalized spacial score (nSPS) is 23.0. The Hall–Kier alpha value is -1.40. The Kier molecular flexibility index (Phi) is 5.00. The predicted octanol–water partition coefficient (Wildman–Crippen LogP) is 2.04. The van der Waals surface area contributed by atoms with Gasteiger partial charge in [0.25, 0.3) is 0 Å². The number of carbonyl (C=O) groups excluding carboxylic acids is 1. The number of carboxylic acids is 1. The third kappa shape index (κ3) is 3.63. The van der Waals surface area contributed by atoms with Crippen LogP contribution in [0, 0.1) is 0 Å². The monoisotopic (exact) mass is 310 g/mol. The second-order valence-electron chi connectivity index (χ2n) is 5.79. The molecule has 0 aliphatic carbocycles. The molecule has 0 bridgehead atoms. The van der Waals surface area contributed by atoms with Gasteiger partial charge in [0.1, 0.15) is 5.54 Å². The number of carboxylic acid groups (broad SMARTS) is 1. The molecule has 1 atom stereocenters. The summed E-state index contributed by atoms with van der Waals surface area (Å²) in [4.78, 5) is 28.5. The van der Waals surface area contributed by atoms with Gasteiger partial charge in [-0.3, -0.25) is 14.5 Å². The topological polar surface area (TPSA) is 60.9 Å². The highest BCUT2D eigenvalue weighted by Crippen LogP contribution is 2.28. The van der Waals surface area contributed by atoms with Crippen molar-refractivity contribution in [3.63, 3.8) is 0 Å². The fraction of sp³-hybridized carbons (Fsp3) is 0.600. The number of hydrogen-bond acceptors (Lipinski definition) is 4. The van der Waals surface area contributed by atoms with Crippen LogP contribution in [0.2, 0.25) is 0 Å². The molecule has 0 aromatic carbocycles. The Balaban J connectivity index is 1.98. The first kappa shape index (κ1) is 16.0. The van der Waals surface area contributed by atoms with E-state index in [1.807, 2.05) is 22.4 Å². The van der Waals surface area contributed by atoms with Gasteiger partial charge in [-0.2, -0.15) is 0 Å². The minimum Gasteiger partial charge on any atom is -0.480 e. The molecule has 1 fully saturated rings. The lowest BCUT2D eigenvalue weighted by atomic mass is 9.88. The average molecular weight is 310 g/mol. The van der Waals surface area contributed by atoms with Gasteiger partial charge >= 0.3 is 5.97 Å². The van der Waals surface area contributed by atoms with Crippen LogP contribution in [0.4, 0.5) is 0 Å². The molecule has 1 aromatic rings. The van der Waals surface area contributed by atoms with Crippen LogP contribution in [-0.4, -0.2) is 52.5 Å². The molecule has 1 saturated heterocycles. The number of amides is 1. The highest BCUT2D eigenvalue weighted by Gasteiger charge is 2.42. The maximum absolute atomic E-state index is 12.3. The fourth-order valence-corrected chi connectivity index (χ4v) is 3.44. The zero-order chi connectivity index (χ0) is 15.5. The third-order valence-electron chi connectivity index (χ3n) is 4.23. The number of rotatable bonds is 5. The molecule has 5 nitrogen and oxygen atoms in total. The van der Waals surface area contributed by atoms with Gasteiger partial charge in [-0.1, -0.05) is 6.07 Å². The van der Waals surface area contributed by atoms with Gasteiger partial charge in [0.05, 0.1) is 13.1 Å². The van der Waals surface area contributed by atoms with Crippen molar-refractivity contribution in [3.05, 3.63) is 22.4 Å². The summed E-state index contributed by atoms with van der Waals surface area (Å²) in [7, 11) is 1.77. The Labute approximate surface area is 129 Å². The fourth-order valence-electron chi connectivity index (χ4n) is 2.68. The van der Waals surface area contributed by atoms with Crippen molar-refractivity contribution in [2.45, 2.75) is 38.3 Å². The van der Waals surface area contributed by atoms with Gasteiger partial charge in [0.15, 0.2) is 0 Å². The second kappa shape index (κ2) is 6.58. The van der Waals surface area contributed by atoms with Gasteiger partial charge in [-0.05, 0) is 44.2 Å². The van der Waals surface area contributed by atoms with E-state index in [1.54, 1.807) is 30.2 Å². The van der Waals surface area contributed by atoms with E-state index in [9.17, 15) is 14.7 Å². The van der Waals surface area contributed by atoms with Crippen molar-refractivity contribution >= 4 is 23.2 Å². The summed E-state index contributed by atoms with van der Waals surface area (Å²) in [5, 5.41) is 11.4. The molecule has 6 heteroatoms. The van der Waals surface area contributed by atoms with Crippen LogP contribution >= 0.6 is 11.3 Å². The Bertz CT molecular complexity index is 503. The van der Waals surface area contributed by atoms with E-state index in [1.165, 1.54) is 0 Å². The SMILES string of the molecule is CN(Cc1cccs1)C(=O)CN1CCCCC1(C)C(=O)O. The summed E-state index contributed by atoms with van der Waals surface area (Å²) in [5.41, 5.74) is -0.919. The van der Waals surface area contributed by atoms with Crippen LogP contribution in [0.3, 0.4) is 0 Å². The lowest BCUT2D eigenvalue weighted by Gasteiger charge is -2.41. The molecular formula is C15H22N2O3S. The number of likely N-dealkylation sites (N-methyl/N-ethyl adjacent to an activating group) is 1. The molecule has 0 spiro atoms. The predicted molar refractivity (Wildman–Crippen MR) is 82.3 cm³/mol. The molecule has 1 aliphatic heterocycles. The average Bonchev–Trinajstić information content (AvgIpc) is 2.94. The zero-order valence-electron chi connectivity index (χ0n) is 12.5. The molecule has 1 amide bonds. The van der Waals surface area contributed by atoms with Crippen LogP contribution in [0.15, 0.2) is 17.5 Å². The molecule has 1 unspecified atom stereocenters. The lowest BCUT2D eigenvalue weighted by molar-refractivity contribution is -0.154. The molecule has 1 N–H and O–H groups in total. The number of aliphatic carboxylic acids is 1. The van der Waals surface area contributed by atoms with Gasteiger partial charge in [0.2, 0.25) is 5.91 Å². The maximum Gasteiger partial charge on any atom is 0.323 e. The second-order valence-corrected chi connectivity index (χ2v) is 6.82. The van der Waals surface area contributed by atoms with Crippen molar-refractivity contribution in [2.75, 3.05) is 20.1 Å². The summed E-state index contributed by atoms with van der Waals surface area (Å²) in [6.45, 7) is 3.14.